The summed E-state index contributed by atoms with van der Waals surface area (Å²) < 4.78 is 5.70. The minimum Gasteiger partial charge on any atom is -0.396 e. The lowest BCUT2D eigenvalue weighted by molar-refractivity contribution is -0.0259. The summed E-state index contributed by atoms with van der Waals surface area (Å²) in [4.78, 5) is 0. The fraction of sp³-hybridized carbons (Fsp3) is 0.900. The fourth-order valence-corrected chi connectivity index (χ4v) is 1.33. The predicted octanol–water partition coefficient (Wildman–Crippen LogP) is 5.56. The van der Waals surface area contributed by atoms with Crippen LogP contribution in [0.25, 0.3) is 0 Å². The van der Waals surface area contributed by atoms with Crippen molar-refractivity contribution in [3.05, 3.63) is 12.2 Å². The van der Waals surface area contributed by atoms with Gasteiger partial charge in [-0.05, 0) is 52.0 Å². The molecule has 3 heteroatoms. The molecule has 3 nitrogen and oxygen atoms in total. The highest BCUT2D eigenvalue weighted by Gasteiger charge is 2.16. The fourth-order valence-electron chi connectivity index (χ4n) is 1.33. The third-order valence-electron chi connectivity index (χ3n) is 2.90. The van der Waals surface area contributed by atoms with Crippen LogP contribution in [-0.2, 0) is 4.74 Å². The van der Waals surface area contributed by atoms with Crippen LogP contribution in [0.2, 0.25) is 0 Å². The summed E-state index contributed by atoms with van der Waals surface area (Å²) in [5.41, 5.74) is 6.56. The minimum atomic E-state index is -0.0381. The molecule has 0 aromatic rings. The summed E-state index contributed by atoms with van der Waals surface area (Å²) in [6.45, 7) is 24.2. The van der Waals surface area contributed by atoms with Gasteiger partial charge in [-0.1, -0.05) is 60.6 Å². The smallest absolute Gasteiger partial charge is 0.0638 e. The van der Waals surface area contributed by atoms with E-state index in [9.17, 15) is 0 Å². The molecule has 0 rings (SSSR count). The average Bonchev–Trinajstić information content (AvgIpc) is 2.51. The van der Waals surface area contributed by atoms with Gasteiger partial charge < -0.3 is 15.6 Å². The highest BCUT2D eigenvalue weighted by atomic mass is 16.5. The second-order valence-corrected chi connectivity index (χ2v) is 5.91. The molecule has 0 saturated carbocycles. The van der Waals surface area contributed by atoms with E-state index in [2.05, 4.69) is 34.3 Å². The quantitative estimate of drug-likeness (QED) is 0.543. The zero-order valence-corrected chi connectivity index (χ0v) is 17.7. The Bertz CT molecular complexity index is 214. The van der Waals surface area contributed by atoms with E-state index in [1.807, 2.05) is 34.6 Å². The highest BCUT2D eigenvalue weighted by Crippen LogP contribution is 2.14. The lowest BCUT2D eigenvalue weighted by Crippen LogP contribution is -2.28. The zero-order valence-electron chi connectivity index (χ0n) is 17.7. The maximum Gasteiger partial charge on any atom is 0.0638 e. The first-order chi connectivity index (χ1) is 10.8. The molecule has 0 unspecified atom stereocenters. The second kappa shape index (κ2) is 23.9. The molecule has 144 valence electrons. The number of rotatable bonds is 9. The molecule has 0 aliphatic carbocycles. The van der Waals surface area contributed by atoms with Gasteiger partial charge in [-0.3, -0.25) is 0 Å². The Morgan fingerprint density at radius 2 is 1.65 bits per heavy atom. The second-order valence-electron chi connectivity index (χ2n) is 5.91. The van der Waals surface area contributed by atoms with Crippen LogP contribution in [0.15, 0.2) is 12.2 Å². The van der Waals surface area contributed by atoms with Crippen LogP contribution in [0.4, 0.5) is 0 Å². The topological polar surface area (TPSA) is 55.5 Å². The minimum absolute atomic E-state index is 0.0381. The van der Waals surface area contributed by atoms with E-state index in [4.69, 9.17) is 15.6 Å². The number of aliphatic hydroxyl groups is 1. The molecular formula is C20H47NO2. The molecule has 0 aliphatic heterocycles. The van der Waals surface area contributed by atoms with Crippen LogP contribution >= 0.6 is 0 Å². The van der Waals surface area contributed by atoms with Gasteiger partial charge in [0.15, 0.2) is 0 Å². The van der Waals surface area contributed by atoms with Crippen molar-refractivity contribution in [2.45, 2.75) is 93.6 Å². The van der Waals surface area contributed by atoms with Gasteiger partial charge >= 0.3 is 0 Å². The molecule has 0 fully saturated rings. The molecule has 0 aromatic carbocycles. The van der Waals surface area contributed by atoms with Crippen LogP contribution in [0.3, 0.4) is 0 Å². The monoisotopic (exact) mass is 333 g/mol. The van der Waals surface area contributed by atoms with Crippen molar-refractivity contribution in [3.63, 3.8) is 0 Å². The number of hydrogen-bond donors (Lipinski definition) is 2. The summed E-state index contributed by atoms with van der Waals surface area (Å²) in [6, 6.07) is 0. The third kappa shape index (κ3) is 34.1. The molecule has 0 saturated heterocycles. The van der Waals surface area contributed by atoms with Crippen molar-refractivity contribution in [2.24, 2.45) is 11.7 Å². The SMILES string of the molecule is C=C(CC)CCO.CC.CC.CC(C)CCOC(C)(C)CCN. The Balaban J connectivity index is -0.000000140. The van der Waals surface area contributed by atoms with Gasteiger partial charge in [-0.25, -0.2) is 0 Å². The lowest BCUT2D eigenvalue weighted by Gasteiger charge is -2.25. The summed E-state index contributed by atoms with van der Waals surface area (Å²) in [5.74, 6) is 0.721. The van der Waals surface area contributed by atoms with Crippen molar-refractivity contribution < 1.29 is 9.84 Å². The van der Waals surface area contributed by atoms with E-state index < -0.39 is 0 Å². The van der Waals surface area contributed by atoms with Gasteiger partial charge in [0.05, 0.1) is 5.60 Å². The largest absolute Gasteiger partial charge is 0.396 e. The molecule has 0 amide bonds. The summed E-state index contributed by atoms with van der Waals surface area (Å²) in [6.07, 6.45) is 3.82. The van der Waals surface area contributed by atoms with Crippen LogP contribution in [-0.4, -0.2) is 30.5 Å². The Morgan fingerprint density at radius 1 is 1.17 bits per heavy atom. The average molecular weight is 334 g/mol. The lowest BCUT2D eigenvalue weighted by atomic mass is 10.1. The van der Waals surface area contributed by atoms with Gasteiger partial charge in [0.2, 0.25) is 0 Å². The molecular weight excluding hydrogens is 286 g/mol. The van der Waals surface area contributed by atoms with E-state index in [1.165, 1.54) is 0 Å². The molecule has 0 aliphatic rings. The molecule has 0 heterocycles. The van der Waals surface area contributed by atoms with E-state index in [1.54, 1.807) is 0 Å². The van der Waals surface area contributed by atoms with Crippen molar-refractivity contribution >= 4 is 0 Å². The normalized spacial score (nSPS) is 9.74. The first-order valence-electron chi connectivity index (χ1n) is 9.40. The maximum absolute atomic E-state index is 8.31. The van der Waals surface area contributed by atoms with Crippen molar-refractivity contribution in [2.75, 3.05) is 19.8 Å². The van der Waals surface area contributed by atoms with Crippen LogP contribution in [0.5, 0.6) is 0 Å². The summed E-state index contributed by atoms with van der Waals surface area (Å²) >= 11 is 0. The van der Waals surface area contributed by atoms with Gasteiger partial charge in [0.1, 0.15) is 0 Å². The maximum atomic E-state index is 8.31. The Morgan fingerprint density at radius 3 is 1.91 bits per heavy atom. The molecule has 0 spiro atoms. The molecule has 0 atom stereocenters. The van der Waals surface area contributed by atoms with Crippen molar-refractivity contribution in [1.29, 1.82) is 0 Å². The molecule has 3 N–H and O–H groups in total. The number of nitrogens with two attached hydrogens (primary N) is 1. The Kier molecular flexibility index (Phi) is 31.7. The van der Waals surface area contributed by atoms with Crippen molar-refractivity contribution in [3.8, 4) is 0 Å². The first-order valence-corrected chi connectivity index (χ1v) is 9.40. The Labute approximate surface area is 147 Å². The van der Waals surface area contributed by atoms with Crippen LogP contribution in [0, 0.1) is 5.92 Å². The van der Waals surface area contributed by atoms with Gasteiger partial charge in [-0.2, -0.15) is 0 Å². The van der Waals surface area contributed by atoms with E-state index in [-0.39, 0.29) is 12.2 Å². The number of ether oxygens (including phenoxy) is 1. The number of aliphatic hydroxyl groups excluding tert-OH is 1. The van der Waals surface area contributed by atoms with Gasteiger partial charge in [0, 0.05) is 13.2 Å². The van der Waals surface area contributed by atoms with Crippen molar-refractivity contribution in [1.82, 2.24) is 0 Å². The van der Waals surface area contributed by atoms with Crippen LogP contribution < -0.4 is 5.73 Å². The predicted molar refractivity (Wildman–Crippen MR) is 107 cm³/mol. The molecule has 0 aromatic heterocycles. The summed E-state index contributed by atoms with van der Waals surface area (Å²) in [5, 5.41) is 8.31. The van der Waals surface area contributed by atoms with E-state index >= 15 is 0 Å². The van der Waals surface area contributed by atoms with Gasteiger partial charge in [-0.15, -0.1) is 0 Å². The summed E-state index contributed by atoms with van der Waals surface area (Å²) in [7, 11) is 0. The third-order valence-corrected chi connectivity index (χ3v) is 2.90. The zero-order chi connectivity index (χ0) is 19.3. The molecule has 0 bridgehead atoms. The van der Waals surface area contributed by atoms with Gasteiger partial charge in [0.25, 0.3) is 0 Å². The Hall–Kier alpha value is -0.380. The van der Waals surface area contributed by atoms with Crippen LogP contribution in [0.1, 0.15) is 88.0 Å². The standard InChI is InChI=1S/C10H23NO.C6H12O.2C2H6/c1-9(2)5-8-12-10(3,4)6-7-11;1-3-6(2)4-5-7;2*1-2/h9H,5-8,11H2,1-4H3;7H,2-5H2,1H3;2*1-2H3. The highest BCUT2D eigenvalue weighted by molar-refractivity contribution is 4.91. The molecule has 0 radical (unpaired) electrons. The first kappa shape index (κ1) is 30.5. The number of hydrogen-bond acceptors (Lipinski definition) is 3. The van der Waals surface area contributed by atoms with E-state index in [0.29, 0.717) is 6.54 Å². The molecule has 23 heavy (non-hydrogen) atoms. The van der Waals surface area contributed by atoms with E-state index in [0.717, 1.165) is 43.8 Å².